The molecule has 8 heteroatoms. The Balaban J connectivity index is 1.62. The maximum atomic E-state index is 12.6. The number of nitriles is 1. The molecule has 174 valence electrons. The molecule has 2 aromatic carbocycles. The van der Waals surface area contributed by atoms with Crippen molar-refractivity contribution >= 4 is 23.1 Å². The molecule has 0 saturated carbocycles. The van der Waals surface area contributed by atoms with E-state index in [1.54, 1.807) is 0 Å². The van der Waals surface area contributed by atoms with Gasteiger partial charge in [0, 0.05) is 48.7 Å². The quantitative estimate of drug-likeness (QED) is 0.505. The summed E-state index contributed by atoms with van der Waals surface area (Å²) in [7, 11) is 2.09. The number of anilines is 3. The van der Waals surface area contributed by atoms with E-state index < -0.39 is 0 Å². The number of likely N-dealkylation sites (N-methyl/N-ethyl adjacent to an activating group) is 1. The number of rotatable bonds is 5. The number of nitrogens with one attached hydrogen (secondary N) is 1. The smallest absolute Gasteiger partial charge is 0.238 e. The van der Waals surface area contributed by atoms with Gasteiger partial charge in [-0.05, 0) is 49.9 Å². The highest BCUT2D eigenvalue weighted by molar-refractivity contribution is 5.93. The number of carbonyl (C=O) groups excluding carboxylic acids is 1. The van der Waals surface area contributed by atoms with Crippen molar-refractivity contribution in [3.8, 4) is 28.5 Å². The van der Waals surface area contributed by atoms with Crippen LogP contribution in [0.2, 0.25) is 0 Å². The molecule has 1 aromatic heterocycles. The molecule has 3 aromatic rings. The molecule has 1 aliphatic rings. The Morgan fingerprint density at radius 1 is 1.09 bits per heavy atom. The fraction of sp³-hybridized carbons (Fsp3) is 0.269. The topological polar surface area (TPSA) is 124 Å². The molecule has 1 aliphatic heterocycles. The first-order valence-corrected chi connectivity index (χ1v) is 11.2. The Morgan fingerprint density at radius 3 is 2.59 bits per heavy atom. The van der Waals surface area contributed by atoms with Gasteiger partial charge in [-0.2, -0.15) is 5.26 Å². The molecule has 8 nitrogen and oxygen atoms in total. The van der Waals surface area contributed by atoms with Crippen LogP contribution in [0.25, 0.3) is 22.4 Å². The number of aromatic nitrogens is 1. The van der Waals surface area contributed by atoms with Crippen LogP contribution in [0, 0.1) is 18.3 Å². The van der Waals surface area contributed by atoms with Crippen molar-refractivity contribution in [2.45, 2.75) is 6.92 Å². The summed E-state index contributed by atoms with van der Waals surface area (Å²) < 4.78 is 0. The fourth-order valence-corrected chi connectivity index (χ4v) is 4.11. The summed E-state index contributed by atoms with van der Waals surface area (Å²) in [6, 6.07) is 17.1. The van der Waals surface area contributed by atoms with Crippen molar-refractivity contribution in [3.05, 3.63) is 59.7 Å². The average molecular weight is 456 g/mol. The highest BCUT2D eigenvalue weighted by Gasteiger charge is 2.18. The number of hydrogen-bond acceptors (Lipinski definition) is 7. The van der Waals surface area contributed by atoms with Crippen molar-refractivity contribution in [3.63, 3.8) is 0 Å². The zero-order valence-electron chi connectivity index (χ0n) is 19.5. The lowest BCUT2D eigenvalue weighted by Gasteiger charge is -2.31. The van der Waals surface area contributed by atoms with Gasteiger partial charge < -0.3 is 21.7 Å². The molecule has 0 atom stereocenters. The molecule has 0 spiro atoms. The third-order valence-corrected chi connectivity index (χ3v) is 6.06. The Bertz CT molecular complexity index is 1260. The van der Waals surface area contributed by atoms with Crippen LogP contribution >= 0.6 is 0 Å². The number of carbonyl (C=O) groups is 1. The molecule has 0 radical (unpaired) electrons. The van der Waals surface area contributed by atoms with Crippen LogP contribution in [-0.4, -0.2) is 60.5 Å². The number of nitrogens with two attached hydrogens (primary N) is 2. The normalized spacial score (nSPS) is 14.5. The predicted molar refractivity (Wildman–Crippen MR) is 136 cm³/mol. The van der Waals surface area contributed by atoms with Crippen molar-refractivity contribution in [2.24, 2.45) is 0 Å². The second-order valence-electron chi connectivity index (χ2n) is 8.73. The molecule has 0 aliphatic carbocycles. The molecule has 1 fully saturated rings. The van der Waals surface area contributed by atoms with Crippen LogP contribution in [0.4, 0.5) is 17.2 Å². The van der Waals surface area contributed by atoms with Gasteiger partial charge in [0.05, 0.1) is 12.2 Å². The zero-order valence-corrected chi connectivity index (χ0v) is 19.5. The van der Waals surface area contributed by atoms with E-state index in [1.807, 2.05) is 55.5 Å². The molecule has 5 N–H and O–H groups in total. The van der Waals surface area contributed by atoms with Gasteiger partial charge in [-0.1, -0.05) is 23.8 Å². The number of aryl methyl sites for hydroxylation is 1. The third kappa shape index (κ3) is 5.17. The molecular weight excluding hydrogens is 426 g/mol. The molecule has 1 saturated heterocycles. The monoisotopic (exact) mass is 455 g/mol. The van der Waals surface area contributed by atoms with Gasteiger partial charge in [0.2, 0.25) is 5.91 Å². The Hall–Kier alpha value is -3.93. The summed E-state index contributed by atoms with van der Waals surface area (Å²) in [5.41, 5.74) is 17.7. The van der Waals surface area contributed by atoms with Crippen LogP contribution in [-0.2, 0) is 4.79 Å². The second kappa shape index (κ2) is 9.91. The van der Waals surface area contributed by atoms with E-state index >= 15 is 0 Å². The fourth-order valence-electron chi connectivity index (χ4n) is 4.11. The highest BCUT2D eigenvalue weighted by Crippen LogP contribution is 2.34. The number of hydrogen-bond donors (Lipinski definition) is 3. The Kier molecular flexibility index (Phi) is 6.77. The lowest BCUT2D eigenvalue weighted by molar-refractivity contribution is -0.117. The van der Waals surface area contributed by atoms with E-state index in [9.17, 15) is 10.1 Å². The van der Waals surface area contributed by atoms with Crippen LogP contribution in [0.5, 0.6) is 0 Å². The van der Waals surface area contributed by atoms with Crippen molar-refractivity contribution in [2.75, 3.05) is 56.6 Å². The first-order chi connectivity index (χ1) is 16.3. The van der Waals surface area contributed by atoms with Gasteiger partial charge in [0.1, 0.15) is 17.5 Å². The summed E-state index contributed by atoms with van der Waals surface area (Å²) in [5.74, 6) is 0.0742. The van der Waals surface area contributed by atoms with Crippen LogP contribution in [0.3, 0.4) is 0 Å². The Labute approximate surface area is 199 Å². The number of piperazine rings is 1. The predicted octanol–water partition coefficient (Wildman–Crippen LogP) is 2.95. The molecule has 34 heavy (non-hydrogen) atoms. The maximum absolute atomic E-state index is 12.6. The SMILES string of the molecule is Cc1ccc(N)c(-c2cc(-c3cccc(NC(=O)CN4CCN(C)CC4)c3)c(C#N)c(N)n2)c1. The summed E-state index contributed by atoms with van der Waals surface area (Å²) in [6.45, 7) is 5.98. The van der Waals surface area contributed by atoms with Crippen LogP contribution in [0.15, 0.2) is 48.5 Å². The van der Waals surface area contributed by atoms with Gasteiger partial charge in [0.15, 0.2) is 0 Å². The number of pyridine rings is 1. The van der Waals surface area contributed by atoms with E-state index in [4.69, 9.17) is 11.5 Å². The van der Waals surface area contributed by atoms with Crippen LogP contribution in [0.1, 0.15) is 11.1 Å². The van der Waals surface area contributed by atoms with E-state index in [0.717, 1.165) is 42.9 Å². The van der Waals surface area contributed by atoms with Gasteiger partial charge in [-0.25, -0.2) is 4.98 Å². The minimum atomic E-state index is -0.0651. The number of nitrogen functional groups attached to an aromatic ring is 2. The van der Waals surface area contributed by atoms with E-state index in [1.165, 1.54) is 0 Å². The lowest BCUT2D eigenvalue weighted by Crippen LogP contribution is -2.47. The maximum Gasteiger partial charge on any atom is 0.238 e. The first-order valence-electron chi connectivity index (χ1n) is 11.2. The summed E-state index contributed by atoms with van der Waals surface area (Å²) in [4.78, 5) is 21.5. The second-order valence-corrected chi connectivity index (χ2v) is 8.73. The molecule has 2 heterocycles. The molecule has 4 rings (SSSR count). The van der Waals surface area contributed by atoms with Gasteiger partial charge in [-0.15, -0.1) is 0 Å². The summed E-state index contributed by atoms with van der Waals surface area (Å²) in [5, 5.41) is 12.7. The number of benzene rings is 2. The van der Waals surface area contributed by atoms with Gasteiger partial charge >= 0.3 is 0 Å². The van der Waals surface area contributed by atoms with E-state index in [-0.39, 0.29) is 17.3 Å². The third-order valence-electron chi connectivity index (χ3n) is 6.06. The lowest BCUT2D eigenvalue weighted by atomic mass is 9.97. The number of amides is 1. The molecular formula is C26H29N7O. The minimum Gasteiger partial charge on any atom is -0.398 e. The summed E-state index contributed by atoms with van der Waals surface area (Å²) in [6.07, 6.45) is 0. The van der Waals surface area contributed by atoms with Gasteiger partial charge in [-0.3, -0.25) is 9.69 Å². The molecule has 1 amide bonds. The number of nitrogens with zero attached hydrogens (tertiary/aromatic N) is 4. The molecule has 0 unspecified atom stereocenters. The minimum absolute atomic E-state index is 0.0651. The van der Waals surface area contributed by atoms with Crippen LogP contribution < -0.4 is 16.8 Å². The standard InChI is InChI=1S/C26H29N7O/c1-17-6-7-23(28)21(12-17)24-14-20(22(15-27)26(29)31-24)18-4-3-5-19(13-18)30-25(34)16-33-10-8-32(2)9-11-33/h3-7,12-14H,8-11,16,28H2,1-2H3,(H2,29,31)(H,30,34). The first kappa shape index (κ1) is 23.2. The average Bonchev–Trinajstić information content (AvgIpc) is 2.81. The summed E-state index contributed by atoms with van der Waals surface area (Å²) >= 11 is 0. The molecule has 0 bridgehead atoms. The van der Waals surface area contributed by atoms with Crippen molar-refractivity contribution in [1.29, 1.82) is 5.26 Å². The highest BCUT2D eigenvalue weighted by atomic mass is 16.2. The van der Waals surface area contributed by atoms with Crippen molar-refractivity contribution < 1.29 is 4.79 Å². The zero-order chi connectivity index (χ0) is 24.2. The van der Waals surface area contributed by atoms with E-state index in [2.05, 4.69) is 33.2 Å². The largest absolute Gasteiger partial charge is 0.398 e. The Morgan fingerprint density at radius 2 is 1.85 bits per heavy atom. The van der Waals surface area contributed by atoms with E-state index in [0.29, 0.717) is 29.2 Å². The van der Waals surface area contributed by atoms with Crippen molar-refractivity contribution in [1.82, 2.24) is 14.8 Å². The van der Waals surface area contributed by atoms with Gasteiger partial charge in [0.25, 0.3) is 0 Å².